The molecule has 3 rings (SSSR count). The zero-order valence-corrected chi connectivity index (χ0v) is 16.1. The zero-order chi connectivity index (χ0) is 18.5. The van der Waals surface area contributed by atoms with Crippen molar-refractivity contribution in [3.05, 3.63) is 41.0 Å². The van der Waals surface area contributed by atoms with E-state index in [9.17, 15) is 9.18 Å². The summed E-state index contributed by atoms with van der Waals surface area (Å²) in [5.74, 6) is 0.398. The van der Waals surface area contributed by atoms with E-state index in [1.165, 1.54) is 31.7 Å². The second kappa shape index (κ2) is 8.66. The van der Waals surface area contributed by atoms with Crippen molar-refractivity contribution in [2.75, 3.05) is 12.8 Å². The lowest BCUT2D eigenvalue weighted by Gasteiger charge is -2.16. The number of halogens is 1. The van der Waals surface area contributed by atoms with Crippen LogP contribution in [0.5, 0.6) is 0 Å². The molecule has 1 aromatic heterocycles. The number of carbonyl (C=O) groups excluding carboxylic acids is 1. The van der Waals surface area contributed by atoms with Gasteiger partial charge in [-0.3, -0.25) is 4.79 Å². The number of aryl methyl sites for hydroxylation is 2. The highest BCUT2D eigenvalue weighted by Crippen LogP contribution is 2.33. The van der Waals surface area contributed by atoms with Crippen molar-refractivity contribution in [1.82, 2.24) is 20.1 Å². The molecule has 0 spiro atoms. The third kappa shape index (κ3) is 4.26. The number of rotatable bonds is 7. The van der Waals surface area contributed by atoms with Gasteiger partial charge in [0.2, 0.25) is 0 Å². The van der Waals surface area contributed by atoms with Crippen LogP contribution in [-0.2, 0) is 6.42 Å². The molecule has 1 aromatic carbocycles. The number of nitrogens with one attached hydrogen (secondary N) is 1. The monoisotopic (exact) mass is 376 g/mol. The van der Waals surface area contributed by atoms with Gasteiger partial charge in [-0.2, -0.15) is 0 Å². The number of aromatic nitrogens is 3. The van der Waals surface area contributed by atoms with E-state index in [-0.39, 0.29) is 11.7 Å². The fourth-order valence-corrected chi connectivity index (χ4v) is 4.00. The van der Waals surface area contributed by atoms with Gasteiger partial charge < -0.3 is 9.88 Å². The van der Waals surface area contributed by atoms with E-state index in [1.807, 2.05) is 6.26 Å². The summed E-state index contributed by atoms with van der Waals surface area (Å²) in [5, 5.41) is 12.5. The number of benzene rings is 1. The summed E-state index contributed by atoms with van der Waals surface area (Å²) >= 11 is 1.63. The predicted octanol–water partition coefficient (Wildman–Crippen LogP) is 3.93. The van der Waals surface area contributed by atoms with Gasteiger partial charge in [0.15, 0.2) is 5.16 Å². The van der Waals surface area contributed by atoms with Crippen LogP contribution in [-0.4, -0.2) is 33.5 Å². The second-order valence-corrected chi connectivity index (χ2v) is 7.51. The van der Waals surface area contributed by atoms with E-state index >= 15 is 0 Å². The summed E-state index contributed by atoms with van der Waals surface area (Å²) in [6, 6.07) is 5.06. The van der Waals surface area contributed by atoms with Crippen LogP contribution in [0.15, 0.2) is 23.4 Å². The third-order valence-corrected chi connectivity index (χ3v) is 5.55. The highest BCUT2D eigenvalue weighted by Gasteiger charge is 2.23. The summed E-state index contributed by atoms with van der Waals surface area (Å²) in [7, 11) is 0. The molecule has 0 saturated heterocycles. The van der Waals surface area contributed by atoms with Crippen molar-refractivity contribution in [2.24, 2.45) is 0 Å². The largest absolute Gasteiger partial charge is 0.352 e. The number of carbonyl (C=O) groups is 1. The maximum atomic E-state index is 13.6. The Kier molecular flexibility index (Phi) is 6.29. The van der Waals surface area contributed by atoms with Crippen molar-refractivity contribution >= 4 is 17.7 Å². The van der Waals surface area contributed by atoms with Crippen LogP contribution in [0, 0.1) is 12.7 Å². The Morgan fingerprint density at radius 3 is 2.81 bits per heavy atom. The van der Waals surface area contributed by atoms with E-state index in [4.69, 9.17) is 0 Å². The molecule has 0 atom stereocenters. The van der Waals surface area contributed by atoms with Crippen LogP contribution in [0.1, 0.15) is 59.9 Å². The van der Waals surface area contributed by atoms with Crippen LogP contribution in [0.3, 0.4) is 0 Å². The van der Waals surface area contributed by atoms with Crippen LogP contribution in [0.25, 0.3) is 0 Å². The van der Waals surface area contributed by atoms with E-state index in [2.05, 4.69) is 20.1 Å². The van der Waals surface area contributed by atoms with Gasteiger partial charge in [0.25, 0.3) is 5.91 Å². The topological polar surface area (TPSA) is 59.8 Å². The first kappa shape index (κ1) is 18.9. The molecule has 26 heavy (non-hydrogen) atoms. The molecule has 1 aliphatic carbocycles. The number of thioether (sulfide) groups is 1. The van der Waals surface area contributed by atoms with Crippen molar-refractivity contribution in [2.45, 2.75) is 56.6 Å². The standard InChI is InChI=1S/C19H25FN4OS/c1-13-9-10-14(12-16(13)20)18(25)21-11-5-8-17-22-23-19(26-2)24(17)15-6-3-4-7-15/h9-10,12,15H,3-8,11H2,1-2H3,(H,21,25). The van der Waals surface area contributed by atoms with Crippen LogP contribution >= 0.6 is 11.8 Å². The van der Waals surface area contributed by atoms with Crippen LogP contribution in [0.2, 0.25) is 0 Å². The average Bonchev–Trinajstić information content (AvgIpc) is 3.29. The maximum absolute atomic E-state index is 13.6. The molecule has 1 fully saturated rings. The molecule has 1 heterocycles. The lowest BCUT2D eigenvalue weighted by Crippen LogP contribution is -2.25. The van der Waals surface area contributed by atoms with Gasteiger partial charge in [-0.25, -0.2) is 4.39 Å². The Balaban J connectivity index is 1.54. The molecule has 0 radical (unpaired) electrons. The molecular weight excluding hydrogens is 351 g/mol. The second-order valence-electron chi connectivity index (χ2n) is 6.73. The van der Waals surface area contributed by atoms with Gasteiger partial charge in [-0.05, 0) is 50.1 Å². The number of hydrogen-bond acceptors (Lipinski definition) is 4. The van der Waals surface area contributed by atoms with Crippen LogP contribution < -0.4 is 5.32 Å². The number of nitrogens with zero attached hydrogens (tertiary/aromatic N) is 3. The molecule has 0 bridgehead atoms. The molecule has 0 unspecified atom stereocenters. The maximum Gasteiger partial charge on any atom is 0.251 e. The summed E-state index contributed by atoms with van der Waals surface area (Å²) in [4.78, 5) is 12.1. The number of amides is 1. The summed E-state index contributed by atoms with van der Waals surface area (Å²) in [6.45, 7) is 2.21. The predicted molar refractivity (Wildman–Crippen MR) is 101 cm³/mol. The highest BCUT2D eigenvalue weighted by atomic mass is 32.2. The SMILES string of the molecule is CSc1nnc(CCCNC(=O)c2ccc(C)c(F)c2)n1C1CCCC1. The Bertz CT molecular complexity index is 771. The van der Waals surface area contributed by atoms with E-state index in [0.717, 1.165) is 23.8 Å². The lowest BCUT2D eigenvalue weighted by atomic mass is 10.1. The third-order valence-electron chi connectivity index (χ3n) is 4.90. The van der Waals surface area contributed by atoms with Crippen molar-refractivity contribution < 1.29 is 9.18 Å². The molecule has 140 valence electrons. The quantitative estimate of drug-likeness (QED) is 0.588. The Morgan fingerprint density at radius 2 is 2.12 bits per heavy atom. The molecule has 1 amide bonds. The minimum absolute atomic E-state index is 0.244. The normalized spacial score (nSPS) is 14.7. The first-order chi connectivity index (χ1) is 12.6. The molecule has 5 nitrogen and oxygen atoms in total. The van der Waals surface area contributed by atoms with Crippen molar-refractivity contribution in [3.63, 3.8) is 0 Å². The van der Waals surface area contributed by atoms with Gasteiger partial charge in [-0.15, -0.1) is 10.2 Å². The molecule has 0 aliphatic heterocycles. The lowest BCUT2D eigenvalue weighted by molar-refractivity contribution is 0.0952. The molecule has 1 saturated carbocycles. The molecule has 2 aromatic rings. The van der Waals surface area contributed by atoms with Gasteiger partial charge >= 0.3 is 0 Å². The first-order valence-electron chi connectivity index (χ1n) is 9.12. The van der Waals surface area contributed by atoms with Gasteiger partial charge in [0.1, 0.15) is 11.6 Å². The smallest absolute Gasteiger partial charge is 0.251 e. The molecule has 1 N–H and O–H groups in total. The molecular formula is C19H25FN4OS. The Labute approximate surface area is 157 Å². The van der Waals surface area contributed by atoms with Crippen molar-refractivity contribution in [1.29, 1.82) is 0 Å². The number of hydrogen-bond donors (Lipinski definition) is 1. The van der Waals surface area contributed by atoms with Crippen LogP contribution in [0.4, 0.5) is 4.39 Å². The first-order valence-corrected chi connectivity index (χ1v) is 10.3. The molecule has 7 heteroatoms. The van der Waals surface area contributed by atoms with E-state index in [1.54, 1.807) is 30.8 Å². The van der Waals surface area contributed by atoms with Gasteiger partial charge in [0, 0.05) is 24.6 Å². The van der Waals surface area contributed by atoms with Gasteiger partial charge in [0.05, 0.1) is 0 Å². The minimum Gasteiger partial charge on any atom is -0.352 e. The Morgan fingerprint density at radius 1 is 1.35 bits per heavy atom. The molecule has 1 aliphatic rings. The van der Waals surface area contributed by atoms with E-state index in [0.29, 0.717) is 23.7 Å². The van der Waals surface area contributed by atoms with E-state index < -0.39 is 0 Å². The summed E-state index contributed by atoms with van der Waals surface area (Å²) in [5.41, 5.74) is 0.893. The highest BCUT2D eigenvalue weighted by molar-refractivity contribution is 7.98. The fraction of sp³-hybridized carbons (Fsp3) is 0.526. The average molecular weight is 377 g/mol. The Hall–Kier alpha value is -1.89. The summed E-state index contributed by atoms with van der Waals surface area (Å²) < 4.78 is 15.9. The zero-order valence-electron chi connectivity index (χ0n) is 15.3. The van der Waals surface area contributed by atoms with Gasteiger partial charge in [-0.1, -0.05) is 30.7 Å². The minimum atomic E-state index is -0.355. The summed E-state index contributed by atoms with van der Waals surface area (Å²) in [6.07, 6.45) is 8.48. The fourth-order valence-electron chi connectivity index (χ4n) is 3.43. The van der Waals surface area contributed by atoms with Crippen molar-refractivity contribution in [3.8, 4) is 0 Å².